The number of nitrogen functional groups attached to an aromatic ring is 1. The molecule has 1 aliphatic rings. The van der Waals surface area contributed by atoms with E-state index in [-0.39, 0.29) is 0 Å². The molecule has 6 nitrogen and oxygen atoms in total. The van der Waals surface area contributed by atoms with Crippen LogP contribution in [0.5, 0.6) is 0 Å². The molecule has 114 valence electrons. The molecule has 3 rings (SSSR count). The van der Waals surface area contributed by atoms with Gasteiger partial charge in [0.25, 0.3) is 0 Å². The fraction of sp³-hybridized carbons (Fsp3) is 0.600. The van der Waals surface area contributed by atoms with Crippen LogP contribution in [-0.2, 0) is 11.3 Å². The first-order valence-corrected chi connectivity index (χ1v) is 7.75. The topological polar surface area (TPSA) is 78.0 Å². The number of nitrogens with two attached hydrogens (primary N) is 1. The number of ether oxygens (including phenoxy) is 1. The highest BCUT2D eigenvalue weighted by molar-refractivity contribution is 5.87. The van der Waals surface area contributed by atoms with Crippen LogP contribution in [0.2, 0.25) is 0 Å². The molecule has 2 aromatic heterocycles. The Balaban J connectivity index is 1.89. The number of aromatic nitrogens is 3. The predicted octanol–water partition coefficient (Wildman–Crippen LogP) is 2.40. The van der Waals surface area contributed by atoms with Crippen molar-refractivity contribution in [2.45, 2.75) is 45.3 Å². The zero-order valence-corrected chi connectivity index (χ0v) is 12.5. The summed E-state index contributed by atoms with van der Waals surface area (Å²) in [6.07, 6.45) is 6.86. The van der Waals surface area contributed by atoms with E-state index in [1.165, 1.54) is 0 Å². The molecule has 0 saturated carbocycles. The van der Waals surface area contributed by atoms with Gasteiger partial charge in [-0.15, -0.1) is 0 Å². The highest BCUT2D eigenvalue weighted by Gasteiger charge is 2.18. The average Bonchev–Trinajstić information content (AvgIpc) is 3.10. The average molecular weight is 289 g/mol. The number of hydrogen-bond donors (Lipinski definition) is 2. The molecule has 2 aromatic rings. The fourth-order valence-electron chi connectivity index (χ4n) is 2.79. The highest BCUT2D eigenvalue weighted by Crippen LogP contribution is 2.24. The summed E-state index contributed by atoms with van der Waals surface area (Å²) in [6, 6.07) is 1.99. The summed E-state index contributed by atoms with van der Waals surface area (Å²) in [5.41, 5.74) is 7.72. The molecule has 3 heterocycles. The standard InChI is InChI=1S/C15H23N5O/c1-2-3-7-17-14-13-12(18-15(16)19-14)6-8-20(13)10-11-5-4-9-21-11/h6,8,11H,2-5,7,9-10H2,1H3,(H3,16,17,18,19). The molecule has 1 aliphatic heterocycles. The van der Waals surface area contributed by atoms with Crippen molar-refractivity contribution in [2.24, 2.45) is 0 Å². The van der Waals surface area contributed by atoms with E-state index in [4.69, 9.17) is 10.5 Å². The van der Waals surface area contributed by atoms with Crippen molar-refractivity contribution in [3.05, 3.63) is 12.3 Å². The number of nitrogens with zero attached hydrogens (tertiary/aromatic N) is 3. The van der Waals surface area contributed by atoms with Crippen molar-refractivity contribution in [3.63, 3.8) is 0 Å². The van der Waals surface area contributed by atoms with Crippen LogP contribution in [0.3, 0.4) is 0 Å². The Bertz CT molecular complexity index is 603. The van der Waals surface area contributed by atoms with Crippen LogP contribution >= 0.6 is 0 Å². The van der Waals surface area contributed by atoms with E-state index in [0.717, 1.165) is 62.2 Å². The molecule has 21 heavy (non-hydrogen) atoms. The largest absolute Gasteiger partial charge is 0.376 e. The van der Waals surface area contributed by atoms with Gasteiger partial charge in [-0.1, -0.05) is 13.3 Å². The molecule has 0 amide bonds. The number of fused-ring (bicyclic) bond motifs is 1. The third kappa shape index (κ3) is 3.10. The first kappa shape index (κ1) is 14.1. The second-order valence-corrected chi connectivity index (χ2v) is 5.55. The zero-order valence-electron chi connectivity index (χ0n) is 12.5. The van der Waals surface area contributed by atoms with Gasteiger partial charge in [-0.3, -0.25) is 0 Å². The zero-order chi connectivity index (χ0) is 14.7. The van der Waals surface area contributed by atoms with E-state index >= 15 is 0 Å². The SMILES string of the molecule is CCCCNc1nc(N)nc2ccn(CC3CCCO3)c12. The van der Waals surface area contributed by atoms with Crippen LogP contribution in [0, 0.1) is 0 Å². The van der Waals surface area contributed by atoms with Gasteiger partial charge in [0, 0.05) is 25.9 Å². The van der Waals surface area contributed by atoms with Gasteiger partial charge in [0.15, 0.2) is 5.82 Å². The first-order chi connectivity index (χ1) is 10.3. The monoisotopic (exact) mass is 289 g/mol. The summed E-state index contributed by atoms with van der Waals surface area (Å²) < 4.78 is 7.91. The highest BCUT2D eigenvalue weighted by atomic mass is 16.5. The lowest BCUT2D eigenvalue weighted by atomic mass is 10.2. The third-order valence-corrected chi connectivity index (χ3v) is 3.87. The Morgan fingerprint density at radius 1 is 1.48 bits per heavy atom. The van der Waals surface area contributed by atoms with Gasteiger partial charge >= 0.3 is 0 Å². The number of rotatable bonds is 6. The van der Waals surface area contributed by atoms with E-state index in [1.54, 1.807) is 0 Å². The molecule has 3 N–H and O–H groups in total. The van der Waals surface area contributed by atoms with E-state index in [9.17, 15) is 0 Å². The summed E-state index contributed by atoms with van der Waals surface area (Å²) in [7, 11) is 0. The fourth-order valence-corrected chi connectivity index (χ4v) is 2.79. The Kier molecular flexibility index (Phi) is 4.24. The smallest absolute Gasteiger partial charge is 0.222 e. The summed E-state index contributed by atoms with van der Waals surface area (Å²) in [5, 5.41) is 3.39. The maximum atomic E-state index is 5.81. The third-order valence-electron chi connectivity index (χ3n) is 3.87. The first-order valence-electron chi connectivity index (χ1n) is 7.75. The van der Waals surface area contributed by atoms with Gasteiger partial charge in [-0.05, 0) is 25.3 Å². The van der Waals surface area contributed by atoms with Crippen molar-refractivity contribution >= 4 is 22.8 Å². The molecule has 0 radical (unpaired) electrons. The van der Waals surface area contributed by atoms with Crippen molar-refractivity contribution in [2.75, 3.05) is 24.2 Å². The molecule has 0 bridgehead atoms. The summed E-state index contributed by atoms with van der Waals surface area (Å²) in [4.78, 5) is 8.70. The molecular weight excluding hydrogens is 266 g/mol. The van der Waals surface area contributed by atoms with E-state index in [2.05, 4.69) is 26.8 Å². The minimum absolute atomic E-state index is 0.293. The number of hydrogen-bond acceptors (Lipinski definition) is 5. The van der Waals surface area contributed by atoms with Gasteiger partial charge in [-0.2, -0.15) is 4.98 Å². The lowest BCUT2D eigenvalue weighted by Crippen LogP contribution is -2.15. The number of anilines is 2. The Hall–Kier alpha value is -1.82. The number of nitrogens with one attached hydrogen (secondary N) is 1. The molecule has 1 fully saturated rings. The van der Waals surface area contributed by atoms with Crippen LogP contribution in [0.15, 0.2) is 12.3 Å². The van der Waals surface area contributed by atoms with Gasteiger partial charge < -0.3 is 20.4 Å². The lowest BCUT2D eigenvalue weighted by Gasteiger charge is -2.14. The Labute approximate surface area is 124 Å². The van der Waals surface area contributed by atoms with Crippen molar-refractivity contribution in [1.29, 1.82) is 0 Å². The summed E-state index contributed by atoms with van der Waals surface area (Å²) >= 11 is 0. The quantitative estimate of drug-likeness (QED) is 0.798. The van der Waals surface area contributed by atoms with Crippen molar-refractivity contribution in [1.82, 2.24) is 14.5 Å². The van der Waals surface area contributed by atoms with E-state index in [0.29, 0.717) is 12.1 Å². The van der Waals surface area contributed by atoms with Gasteiger partial charge in [0.2, 0.25) is 5.95 Å². The molecular formula is C15H23N5O. The van der Waals surface area contributed by atoms with Crippen molar-refractivity contribution < 1.29 is 4.74 Å². The second-order valence-electron chi connectivity index (χ2n) is 5.55. The van der Waals surface area contributed by atoms with Crippen LogP contribution in [0.4, 0.5) is 11.8 Å². The maximum absolute atomic E-state index is 5.81. The van der Waals surface area contributed by atoms with Crippen LogP contribution in [-0.4, -0.2) is 33.8 Å². The molecule has 6 heteroatoms. The summed E-state index contributed by atoms with van der Waals surface area (Å²) in [6.45, 7) is 4.78. The van der Waals surface area contributed by atoms with Crippen molar-refractivity contribution in [3.8, 4) is 0 Å². The molecule has 0 aromatic carbocycles. The minimum Gasteiger partial charge on any atom is -0.376 e. The molecule has 0 aliphatic carbocycles. The van der Waals surface area contributed by atoms with Crippen LogP contribution in [0.25, 0.3) is 11.0 Å². The minimum atomic E-state index is 0.293. The van der Waals surface area contributed by atoms with Crippen LogP contribution < -0.4 is 11.1 Å². The van der Waals surface area contributed by atoms with Gasteiger partial charge in [-0.25, -0.2) is 4.98 Å². The second kappa shape index (κ2) is 6.30. The molecule has 1 saturated heterocycles. The van der Waals surface area contributed by atoms with Gasteiger partial charge in [0.05, 0.1) is 11.6 Å². The Morgan fingerprint density at radius 3 is 3.14 bits per heavy atom. The van der Waals surface area contributed by atoms with Gasteiger partial charge in [0.1, 0.15) is 5.52 Å². The number of unbranched alkanes of at least 4 members (excludes halogenated alkanes) is 1. The van der Waals surface area contributed by atoms with E-state index < -0.39 is 0 Å². The predicted molar refractivity (Wildman–Crippen MR) is 84.3 cm³/mol. The molecule has 1 atom stereocenters. The summed E-state index contributed by atoms with van der Waals surface area (Å²) in [5.74, 6) is 1.14. The molecule has 1 unspecified atom stereocenters. The lowest BCUT2D eigenvalue weighted by molar-refractivity contribution is 0.0980. The molecule has 0 spiro atoms. The van der Waals surface area contributed by atoms with Crippen LogP contribution in [0.1, 0.15) is 32.6 Å². The van der Waals surface area contributed by atoms with E-state index in [1.807, 2.05) is 12.3 Å². The Morgan fingerprint density at radius 2 is 2.38 bits per heavy atom. The normalized spacial score (nSPS) is 18.4. The maximum Gasteiger partial charge on any atom is 0.222 e.